The molecule has 0 saturated heterocycles. The Morgan fingerprint density at radius 1 is 1.14 bits per heavy atom. The summed E-state index contributed by atoms with van der Waals surface area (Å²) >= 11 is 1.47. The van der Waals surface area contributed by atoms with Gasteiger partial charge in [-0.3, -0.25) is 4.72 Å². The molecule has 0 unspecified atom stereocenters. The summed E-state index contributed by atoms with van der Waals surface area (Å²) in [6.07, 6.45) is 1.53. The molecule has 2 aromatic carbocycles. The van der Waals surface area contributed by atoms with E-state index < -0.39 is 10.0 Å². The third-order valence-electron chi connectivity index (χ3n) is 4.07. The average molecular weight is 428 g/mol. The van der Waals surface area contributed by atoms with Crippen LogP contribution < -0.4 is 9.46 Å². The van der Waals surface area contributed by atoms with E-state index in [-0.39, 0.29) is 11.5 Å². The fourth-order valence-electron chi connectivity index (χ4n) is 2.64. The number of oxazole rings is 1. The van der Waals surface area contributed by atoms with Gasteiger partial charge in [-0.05, 0) is 24.3 Å². The quantitative estimate of drug-likeness (QED) is 0.467. The summed E-state index contributed by atoms with van der Waals surface area (Å²) in [4.78, 5) is 8.54. The van der Waals surface area contributed by atoms with E-state index in [1.165, 1.54) is 29.7 Å². The van der Waals surface area contributed by atoms with Crippen molar-refractivity contribution in [3.8, 4) is 17.0 Å². The second kappa shape index (κ2) is 8.06. The minimum Gasteiger partial charge on any atom is -0.485 e. The molecule has 9 heteroatoms. The number of aryl methyl sites for hydroxylation is 1. The highest BCUT2D eigenvalue weighted by Crippen LogP contribution is 2.28. The SMILES string of the molecule is Cc1nc(-c2ccc(S(=O)(=O)Nc3ccccc3OCc3cscn3)cc2)co1. The van der Waals surface area contributed by atoms with Crippen LogP contribution in [0.25, 0.3) is 11.3 Å². The minimum absolute atomic E-state index is 0.135. The Labute approximate surface area is 172 Å². The molecule has 2 aromatic heterocycles. The van der Waals surface area contributed by atoms with Gasteiger partial charge in [0.1, 0.15) is 24.3 Å². The lowest BCUT2D eigenvalue weighted by atomic mass is 10.2. The lowest BCUT2D eigenvalue weighted by Crippen LogP contribution is -2.13. The van der Waals surface area contributed by atoms with E-state index in [9.17, 15) is 8.42 Å². The van der Waals surface area contributed by atoms with Gasteiger partial charge in [-0.1, -0.05) is 24.3 Å². The summed E-state index contributed by atoms with van der Waals surface area (Å²) < 4.78 is 39.2. The monoisotopic (exact) mass is 427 g/mol. The first-order valence-electron chi connectivity index (χ1n) is 8.65. The molecule has 1 N–H and O–H groups in total. The first kappa shape index (κ1) is 19.2. The van der Waals surface area contributed by atoms with Crippen molar-refractivity contribution >= 4 is 27.0 Å². The van der Waals surface area contributed by atoms with Gasteiger partial charge in [0.25, 0.3) is 10.0 Å². The zero-order valence-corrected chi connectivity index (χ0v) is 17.0. The molecule has 0 saturated carbocycles. The smallest absolute Gasteiger partial charge is 0.262 e. The van der Waals surface area contributed by atoms with Crippen molar-refractivity contribution in [2.24, 2.45) is 0 Å². The number of nitrogens with one attached hydrogen (secondary N) is 1. The number of ether oxygens (including phenoxy) is 1. The molecule has 2 heterocycles. The second-order valence-corrected chi connectivity index (χ2v) is 8.55. The maximum Gasteiger partial charge on any atom is 0.262 e. The fraction of sp³-hybridized carbons (Fsp3) is 0.100. The first-order valence-corrected chi connectivity index (χ1v) is 11.1. The zero-order valence-electron chi connectivity index (χ0n) is 15.4. The van der Waals surface area contributed by atoms with E-state index in [0.29, 0.717) is 23.0 Å². The van der Waals surface area contributed by atoms with Crippen molar-refractivity contribution in [1.82, 2.24) is 9.97 Å². The van der Waals surface area contributed by atoms with Gasteiger partial charge < -0.3 is 9.15 Å². The molecular weight excluding hydrogens is 410 g/mol. The van der Waals surface area contributed by atoms with Crippen molar-refractivity contribution in [3.05, 3.63) is 77.3 Å². The molecule has 7 nitrogen and oxygen atoms in total. The van der Waals surface area contributed by atoms with E-state index >= 15 is 0 Å². The average Bonchev–Trinajstić information content (AvgIpc) is 3.39. The second-order valence-electron chi connectivity index (χ2n) is 6.15. The molecule has 0 bridgehead atoms. The van der Waals surface area contributed by atoms with Crippen molar-refractivity contribution < 1.29 is 17.6 Å². The van der Waals surface area contributed by atoms with Crippen molar-refractivity contribution in [2.45, 2.75) is 18.4 Å². The normalized spacial score (nSPS) is 11.3. The van der Waals surface area contributed by atoms with Gasteiger partial charge in [0, 0.05) is 17.9 Å². The number of sulfonamides is 1. The highest BCUT2D eigenvalue weighted by Gasteiger charge is 2.17. The Bertz CT molecular complexity index is 1200. The Morgan fingerprint density at radius 2 is 1.93 bits per heavy atom. The summed E-state index contributed by atoms with van der Waals surface area (Å²) in [5.74, 6) is 0.978. The van der Waals surface area contributed by atoms with Crippen LogP contribution in [0.4, 0.5) is 5.69 Å². The predicted molar refractivity (Wildman–Crippen MR) is 110 cm³/mol. The molecule has 0 atom stereocenters. The molecule has 4 aromatic rings. The number of benzene rings is 2. The largest absolute Gasteiger partial charge is 0.485 e. The summed E-state index contributed by atoms with van der Waals surface area (Å²) in [7, 11) is -3.79. The van der Waals surface area contributed by atoms with Crippen LogP contribution in [-0.4, -0.2) is 18.4 Å². The summed E-state index contributed by atoms with van der Waals surface area (Å²) in [6, 6.07) is 13.3. The Morgan fingerprint density at radius 3 is 2.62 bits per heavy atom. The molecular formula is C20H17N3O4S2. The summed E-state index contributed by atoms with van der Waals surface area (Å²) in [6.45, 7) is 2.01. The van der Waals surface area contributed by atoms with E-state index in [2.05, 4.69) is 14.7 Å². The van der Waals surface area contributed by atoms with Crippen molar-refractivity contribution in [3.63, 3.8) is 0 Å². The van der Waals surface area contributed by atoms with E-state index in [4.69, 9.17) is 9.15 Å². The van der Waals surface area contributed by atoms with Gasteiger partial charge in [0.15, 0.2) is 5.89 Å². The maximum absolute atomic E-state index is 12.8. The van der Waals surface area contributed by atoms with Crippen molar-refractivity contribution in [1.29, 1.82) is 0 Å². The predicted octanol–water partition coefficient (Wildman–Crippen LogP) is 4.49. The highest BCUT2D eigenvalue weighted by molar-refractivity contribution is 7.92. The number of hydrogen-bond donors (Lipinski definition) is 1. The van der Waals surface area contributed by atoms with Crippen LogP contribution in [0.3, 0.4) is 0 Å². The minimum atomic E-state index is -3.79. The molecule has 29 heavy (non-hydrogen) atoms. The topological polar surface area (TPSA) is 94.3 Å². The molecule has 0 spiro atoms. The molecule has 0 aliphatic rings. The van der Waals surface area contributed by atoms with Crippen LogP contribution in [0.1, 0.15) is 11.6 Å². The first-order chi connectivity index (χ1) is 14.0. The Kier molecular flexibility index (Phi) is 5.32. The Balaban J connectivity index is 1.52. The van der Waals surface area contributed by atoms with Crippen LogP contribution in [-0.2, 0) is 16.6 Å². The van der Waals surface area contributed by atoms with E-state index in [1.807, 2.05) is 5.38 Å². The standard InChI is InChI=1S/C20H17N3O4S2/c1-14-22-19(11-26-14)15-6-8-17(9-7-15)29(24,25)23-18-4-2-3-5-20(18)27-10-16-12-28-13-21-16/h2-9,11-13,23H,10H2,1H3. The van der Waals surface area contributed by atoms with Gasteiger partial charge in [-0.2, -0.15) is 0 Å². The summed E-state index contributed by atoms with van der Waals surface area (Å²) in [5.41, 5.74) is 4.29. The number of para-hydroxylation sites is 2. The van der Waals surface area contributed by atoms with Crippen LogP contribution in [0.15, 0.2) is 75.0 Å². The molecule has 0 fully saturated rings. The highest BCUT2D eigenvalue weighted by atomic mass is 32.2. The lowest BCUT2D eigenvalue weighted by Gasteiger charge is -2.13. The lowest BCUT2D eigenvalue weighted by molar-refractivity contribution is 0.304. The number of thiazole rings is 1. The number of aromatic nitrogens is 2. The van der Waals surface area contributed by atoms with Gasteiger partial charge in [-0.25, -0.2) is 18.4 Å². The molecule has 0 radical (unpaired) electrons. The summed E-state index contributed by atoms with van der Waals surface area (Å²) in [5, 5.41) is 1.88. The molecule has 0 aliphatic heterocycles. The molecule has 0 aliphatic carbocycles. The third-order valence-corrected chi connectivity index (χ3v) is 6.09. The number of rotatable bonds is 7. The number of nitrogens with zero attached hydrogens (tertiary/aromatic N) is 2. The number of anilines is 1. The van der Waals surface area contributed by atoms with Crippen LogP contribution in [0.5, 0.6) is 5.75 Å². The fourth-order valence-corrected chi connectivity index (χ4v) is 4.26. The third kappa shape index (κ3) is 4.47. The van der Waals surface area contributed by atoms with Gasteiger partial charge >= 0.3 is 0 Å². The molecule has 148 valence electrons. The van der Waals surface area contributed by atoms with Gasteiger partial charge in [0.05, 0.1) is 21.8 Å². The number of hydrogen-bond acceptors (Lipinski definition) is 7. The maximum atomic E-state index is 12.8. The van der Waals surface area contributed by atoms with Crippen LogP contribution in [0, 0.1) is 6.92 Å². The van der Waals surface area contributed by atoms with Gasteiger partial charge in [0.2, 0.25) is 0 Å². The Hall–Kier alpha value is -3.17. The van der Waals surface area contributed by atoms with Crippen LogP contribution >= 0.6 is 11.3 Å². The van der Waals surface area contributed by atoms with Crippen molar-refractivity contribution in [2.75, 3.05) is 4.72 Å². The molecule has 4 rings (SSSR count). The van der Waals surface area contributed by atoms with Gasteiger partial charge in [-0.15, -0.1) is 11.3 Å². The zero-order chi connectivity index (χ0) is 20.3. The van der Waals surface area contributed by atoms with Crippen LogP contribution in [0.2, 0.25) is 0 Å². The molecule has 0 amide bonds. The van der Waals surface area contributed by atoms with E-state index in [0.717, 1.165) is 11.3 Å². The van der Waals surface area contributed by atoms with E-state index in [1.54, 1.807) is 48.8 Å².